The van der Waals surface area contributed by atoms with E-state index in [9.17, 15) is 0 Å². The summed E-state index contributed by atoms with van der Waals surface area (Å²) in [6.45, 7) is 2.86. The van der Waals surface area contributed by atoms with Gasteiger partial charge in [0.1, 0.15) is 5.75 Å². The quantitative estimate of drug-likeness (QED) is 0.812. The molecule has 0 spiro atoms. The molecule has 2 aromatic carbocycles. The molecule has 4 heteroatoms. The number of aryl methyl sites for hydroxylation is 1. The van der Waals surface area contributed by atoms with Crippen LogP contribution in [-0.2, 0) is 6.42 Å². The van der Waals surface area contributed by atoms with Crippen LogP contribution >= 0.6 is 15.9 Å². The molecule has 2 rings (SSSR count). The van der Waals surface area contributed by atoms with Gasteiger partial charge in [-0.3, -0.25) is 0 Å². The van der Waals surface area contributed by atoms with Gasteiger partial charge in [-0.1, -0.05) is 28.1 Å². The van der Waals surface area contributed by atoms with Crippen LogP contribution in [0.3, 0.4) is 0 Å². The lowest BCUT2D eigenvalue weighted by Crippen LogP contribution is -2.09. The maximum Gasteiger partial charge on any atom is 0.122 e. The van der Waals surface area contributed by atoms with Crippen molar-refractivity contribution in [3.05, 3.63) is 52.0 Å². The van der Waals surface area contributed by atoms with Crippen LogP contribution in [0.25, 0.3) is 0 Å². The number of anilines is 2. The SMILES string of the molecule is COc1ccc(Br)cc1CCNc1c(C)cccc1N. The minimum Gasteiger partial charge on any atom is -0.496 e. The van der Waals surface area contributed by atoms with E-state index in [4.69, 9.17) is 10.5 Å². The molecule has 3 N–H and O–H groups in total. The van der Waals surface area contributed by atoms with Crippen LogP contribution in [0.15, 0.2) is 40.9 Å². The maximum absolute atomic E-state index is 5.99. The van der Waals surface area contributed by atoms with Gasteiger partial charge in [-0.15, -0.1) is 0 Å². The van der Waals surface area contributed by atoms with Crippen LogP contribution in [0.1, 0.15) is 11.1 Å². The summed E-state index contributed by atoms with van der Waals surface area (Å²) >= 11 is 3.49. The highest BCUT2D eigenvalue weighted by Gasteiger charge is 2.05. The molecule has 0 aliphatic heterocycles. The Morgan fingerprint density at radius 2 is 2.05 bits per heavy atom. The number of hydrogen-bond donors (Lipinski definition) is 2. The predicted octanol–water partition coefficient (Wildman–Crippen LogP) is 4.00. The molecular formula is C16H19BrN2O. The van der Waals surface area contributed by atoms with Crippen molar-refractivity contribution in [3.63, 3.8) is 0 Å². The average Bonchev–Trinajstić information content (AvgIpc) is 2.42. The van der Waals surface area contributed by atoms with E-state index in [0.717, 1.165) is 40.1 Å². The lowest BCUT2D eigenvalue weighted by molar-refractivity contribution is 0.410. The van der Waals surface area contributed by atoms with Gasteiger partial charge in [-0.05, 0) is 48.7 Å². The summed E-state index contributed by atoms with van der Waals surface area (Å²) in [5, 5.41) is 3.40. The van der Waals surface area contributed by atoms with E-state index in [1.165, 1.54) is 5.56 Å². The molecule has 0 saturated carbocycles. The molecule has 0 aliphatic carbocycles. The highest BCUT2D eigenvalue weighted by atomic mass is 79.9. The summed E-state index contributed by atoms with van der Waals surface area (Å²) in [7, 11) is 1.69. The molecule has 2 aromatic rings. The molecule has 0 fully saturated rings. The Hall–Kier alpha value is -1.68. The van der Waals surface area contributed by atoms with Gasteiger partial charge in [0, 0.05) is 11.0 Å². The molecule has 0 aliphatic rings. The van der Waals surface area contributed by atoms with Crippen LogP contribution in [0, 0.1) is 6.92 Å². The fourth-order valence-electron chi connectivity index (χ4n) is 2.20. The maximum atomic E-state index is 5.99. The summed E-state index contributed by atoms with van der Waals surface area (Å²) in [6, 6.07) is 12.0. The van der Waals surface area contributed by atoms with Crippen LogP contribution in [0.4, 0.5) is 11.4 Å². The number of hydrogen-bond acceptors (Lipinski definition) is 3. The summed E-state index contributed by atoms with van der Waals surface area (Å²) in [5.41, 5.74) is 10.1. The van der Waals surface area contributed by atoms with E-state index in [-0.39, 0.29) is 0 Å². The molecule has 0 radical (unpaired) electrons. The first-order chi connectivity index (χ1) is 9.61. The molecule has 106 valence electrons. The zero-order valence-corrected chi connectivity index (χ0v) is 13.3. The number of rotatable bonds is 5. The fraction of sp³-hybridized carbons (Fsp3) is 0.250. The number of benzene rings is 2. The van der Waals surface area contributed by atoms with Gasteiger partial charge in [0.05, 0.1) is 18.5 Å². The van der Waals surface area contributed by atoms with Gasteiger partial charge in [-0.25, -0.2) is 0 Å². The van der Waals surface area contributed by atoms with Crippen molar-refractivity contribution in [1.82, 2.24) is 0 Å². The first-order valence-electron chi connectivity index (χ1n) is 6.53. The van der Waals surface area contributed by atoms with E-state index in [1.54, 1.807) is 7.11 Å². The van der Waals surface area contributed by atoms with Crippen molar-refractivity contribution in [3.8, 4) is 5.75 Å². The van der Waals surface area contributed by atoms with Crippen LogP contribution in [-0.4, -0.2) is 13.7 Å². The molecule has 0 heterocycles. The molecule has 0 atom stereocenters. The molecule has 0 bridgehead atoms. The van der Waals surface area contributed by atoms with Gasteiger partial charge in [0.2, 0.25) is 0 Å². The summed E-state index contributed by atoms with van der Waals surface area (Å²) in [6.07, 6.45) is 0.871. The smallest absolute Gasteiger partial charge is 0.122 e. The Kier molecular flexibility index (Phi) is 4.90. The molecule has 0 unspecified atom stereocenters. The number of nitrogens with two attached hydrogens (primary N) is 1. The number of halogens is 1. The first kappa shape index (κ1) is 14.7. The zero-order chi connectivity index (χ0) is 14.5. The minimum atomic E-state index is 0.784. The second kappa shape index (κ2) is 6.66. The Labute approximate surface area is 128 Å². The monoisotopic (exact) mass is 334 g/mol. The lowest BCUT2D eigenvalue weighted by atomic mass is 10.1. The summed E-state index contributed by atoms with van der Waals surface area (Å²) in [4.78, 5) is 0. The van der Waals surface area contributed by atoms with Gasteiger partial charge >= 0.3 is 0 Å². The zero-order valence-electron chi connectivity index (χ0n) is 11.7. The van der Waals surface area contributed by atoms with Crippen molar-refractivity contribution in [2.75, 3.05) is 24.7 Å². The van der Waals surface area contributed by atoms with Crippen LogP contribution < -0.4 is 15.8 Å². The van der Waals surface area contributed by atoms with Gasteiger partial charge in [0.25, 0.3) is 0 Å². The van der Waals surface area contributed by atoms with Gasteiger partial charge < -0.3 is 15.8 Å². The van der Waals surface area contributed by atoms with E-state index < -0.39 is 0 Å². The summed E-state index contributed by atoms with van der Waals surface area (Å²) in [5.74, 6) is 0.910. The van der Waals surface area contributed by atoms with E-state index in [1.807, 2.05) is 24.3 Å². The highest BCUT2D eigenvalue weighted by molar-refractivity contribution is 9.10. The van der Waals surface area contributed by atoms with Gasteiger partial charge in [-0.2, -0.15) is 0 Å². The van der Waals surface area contributed by atoms with Crippen molar-refractivity contribution in [1.29, 1.82) is 0 Å². The van der Waals surface area contributed by atoms with E-state index in [0.29, 0.717) is 0 Å². The predicted molar refractivity (Wildman–Crippen MR) is 88.5 cm³/mol. The highest BCUT2D eigenvalue weighted by Crippen LogP contribution is 2.25. The molecule has 0 aromatic heterocycles. The minimum absolute atomic E-state index is 0.784. The van der Waals surface area contributed by atoms with Crippen LogP contribution in [0.2, 0.25) is 0 Å². The van der Waals surface area contributed by atoms with Gasteiger partial charge in [0.15, 0.2) is 0 Å². The summed E-state index contributed by atoms with van der Waals surface area (Å²) < 4.78 is 6.44. The van der Waals surface area contributed by atoms with Crippen molar-refractivity contribution < 1.29 is 4.74 Å². The number of ether oxygens (including phenoxy) is 1. The standard InChI is InChI=1S/C16H19BrN2O/c1-11-4-3-5-14(18)16(11)19-9-8-12-10-13(17)6-7-15(12)20-2/h3-7,10,19H,8-9,18H2,1-2H3. The normalized spacial score (nSPS) is 10.3. The third-order valence-corrected chi connectivity index (χ3v) is 3.74. The molecular weight excluding hydrogens is 316 g/mol. The Morgan fingerprint density at radius 3 is 2.75 bits per heavy atom. The second-order valence-electron chi connectivity index (χ2n) is 4.67. The third kappa shape index (κ3) is 3.45. The molecule has 0 amide bonds. The Bertz CT molecular complexity index is 579. The lowest BCUT2D eigenvalue weighted by Gasteiger charge is -2.13. The Balaban J connectivity index is 2.05. The number of nitrogen functional groups attached to an aromatic ring is 1. The molecule has 0 saturated heterocycles. The average molecular weight is 335 g/mol. The molecule has 20 heavy (non-hydrogen) atoms. The van der Waals surface area contributed by atoms with E-state index in [2.05, 4.69) is 40.3 Å². The topological polar surface area (TPSA) is 47.3 Å². The fourth-order valence-corrected chi connectivity index (χ4v) is 2.61. The number of nitrogens with one attached hydrogen (secondary N) is 1. The Morgan fingerprint density at radius 1 is 1.25 bits per heavy atom. The van der Waals surface area contributed by atoms with E-state index >= 15 is 0 Å². The third-order valence-electron chi connectivity index (χ3n) is 3.24. The van der Waals surface area contributed by atoms with Crippen molar-refractivity contribution >= 4 is 27.3 Å². The largest absolute Gasteiger partial charge is 0.496 e. The van der Waals surface area contributed by atoms with Crippen molar-refractivity contribution in [2.24, 2.45) is 0 Å². The second-order valence-corrected chi connectivity index (χ2v) is 5.59. The number of para-hydroxylation sites is 1. The number of methoxy groups -OCH3 is 1. The first-order valence-corrected chi connectivity index (χ1v) is 7.32. The molecule has 3 nitrogen and oxygen atoms in total. The van der Waals surface area contributed by atoms with Crippen LogP contribution in [0.5, 0.6) is 5.75 Å². The van der Waals surface area contributed by atoms with Crippen molar-refractivity contribution in [2.45, 2.75) is 13.3 Å².